The lowest BCUT2D eigenvalue weighted by Gasteiger charge is -2.26. The van der Waals surface area contributed by atoms with E-state index >= 15 is 0 Å². The number of nitrogens with zero attached hydrogens (tertiary/aromatic N) is 1. The standard InChI is InChI=1S/C11H19NO3/c1-7(2)4-9(6-13)12-10(14)5-8(3)11(12)15/h7-9,13H,4-6H2,1-3H3. The third-order valence-electron chi connectivity index (χ3n) is 2.73. The highest BCUT2D eigenvalue weighted by atomic mass is 16.3. The number of carbonyl (C=O) groups excluding carboxylic acids is 2. The Hall–Kier alpha value is -0.900. The van der Waals surface area contributed by atoms with E-state index in [9.17, 15) is 14.7 Å². The molecule has 0 aromatic carbocycles. The van der Waals surface area contributed by atoms with E-state index in [1.54, 1.807) is 6.92 Å². The average Bonchev–Trinajstić information content (AvgIpc) is 2.38. The van der Waals surface area contributed by atoms with Crippen LogP contribution in [0.4, 0.5) is 0 Å². The Morgan fingerprint density at radius 2 is 2.07 bits per heavy atom. The van der Waals surface area contributed by atoms with Gasteiger partial charge in [0, 0.05) is 12.3 Å². The lowest BCUT2D eigenvalue weighted by molar-refractivity contribution is -0.143. The largest absolute Gasteiger partial charge is 0.394 e. The minimum atomic E-state index is -0.338. The summed E-state index contributed by atoms with van der Waals surface area (Å²) >= 11 is 0. The number of rotatable bonds is 4. The number of imide groups is 1. The van der Waals surface area contributed by atoms with Crippen molar-refractivity contribution in [2.24, 2.45) is 11.8 Å². The van der Waals surface area contributed by atoms with E-state index in [0.29, 0.717) is 12.3 Å². The van der Waals surface area contributed by atoms with Crippen LogP contribution in [-0.2, 0) is 9.59 Å². The maximum Gasteiger partial charge on any atom is 0.232 e. The Kier molecular flexibility index (Phi) is 3.85. The first kappa shape index (κ1) is 12.2. The molecule has 1 fully saturated rings. The zero-order valence-electron chi connectivity index (χ0n) is 9.56. The van der Waals surface area contributed by atoms with Gasteiger partial charge in [0.25, 0.3) is 0 Å². The summed E-state index contributed by atoms with van der Waals surface area (Å²) in [5.74, 6) is -0.149. The number of likely N-dealkylation sites (tertiary alicyclic amines) is 1. The molecule has 15 heavy (non-hydrogen) atoms. The molecule has 4 heteroatoms. The molecule has 1 heterocycles. The van der Waals surface area contributed by atoms with Gasteiger partial charge in [-0.25, -0.2) is 0 Å². The Morgan fingerprint density at radius 1 is 1.47 bits per heavy atom. The Labute approximate surface area is 90.3 Å². The first-order valence-electron chi connectivity index (χ1n) is 5.44. The summed E-state index contributed by atoms with van der Waals surface area (Å²) in [4.78, 5) is 24.5. The lowest BCUT2D eigenvalue weighted by atomic mass is 10.0. The van der Waals surface area contributed by atoms with Crippen LogP contribution >= 0.6 is 0 Å². The molecule has 0 bridgehead atoms. The first-order chi connectivity index (χ1) is 6.97. The van der Waals surface area contributed by atoms with Gasteiger partial charge in [-0.2, -0.15) is 0 Å². The molecular weight excluding hydrogens is 194 g/mol. The lowest BCUT2D eigenvalue weighted by Crippen LogP contribution is -2.43. The maximum absolute atomic E-state index is 11.7. The van der Waals surface area contributed by atoms with Gasteiger partial charge in [-0.15, -0.1) is 0 Å². The number of aliphatic hydroxyl groups excluding tert-OH is 1. The molecule has 2 amide bonds. The van der Waals surface area contributed by atoms with Gasteiger partial charge < -0.3 is 5.11 Å². The van der Waals surface area contributed by atoms with Crippen LogP contribution in [0.3, 0.4) is 0 Å². The fourth-order valence-corrected chi connectivity index (χ4v) is 2.00. The van der Waals surface area contributed by atoms with Crippen LogP contribution in [0.2, 0.25) is 0 Å². The third kappa shape index (κ3) is 2.56. The van der Waals surface area contributed by atoms with Crippen LogP contribution < -0.4 is 0 Å². The number of hydrogen-bond donors (Lipinski definition) is 1. The number of hydrogen-bond acceptors (Lipinski definition) is 3. The Morgan fingerprint density at radius 3 is 2.40 bits per heavy atom. The zero-order valence-corrected chi connectivity index (χ0v) is 9.56. The molecule has 0 aliphatic carbocycles. The molecule has 2 unspecified atom stereocenters. The van der Waals surface area contributed by atoms with Crippen LogP contribution in [-0.4, -0.2) is 34.5 Å². The van der Waals surface area contributed by atoms with Crippen molar-refractivity contribution in [2.75, 3.05) is 6.61 Å². The van der Waals surface area contributed by atoms with Gasteiger partial charge >= 0.3 is 0 Å². The van der Waals surface area contributed by atoms with Gasteiger partial charge in [0.2, 0.25) is 11.8 Å². The summed E-state index contributed by atoms with van der Waals surface area (Å²) in [5, 5.41) is 9.21. The topological polar surface area (TPSA) is 57.6 Å². The van der Waals surface area contributed by atoms with Crippen molar-refractivity contribution in [3.8, 4) is 0 Å². The predicted octanol–water partition coefficient (Wildman–Crippen LogP) is 0.788. The second-order valence-electron chi connectivity index (χ2n) is 4.67. The molecular formula is C11H19NO3. The molecule has 1 saturated heterocycles. The van der Waals surface area contributed by atoms with Crippen molar-refractivity contribution in [3.05, 3.63) is 0 Å². The zero-order chi connectivity index (χ0) is 11.6. The van der Waals surface area contributed by atoms with Crippen LogP contribution in [0.5, 0.6) is 0 Å². The van der Waals surface area contributed by atoms with Gasteiger partial charge in [0.15, 0.2) is 0 Å². The van der Waals surface area contributed by atoms with E-state index in [1.165, 1.54) is 4.90 Å². The van der Waals surface area contributed by atoms with E-state index in [-0.39, 0.29) is 36.8 Å². The van der Waals surface area contributed by atoms with Gasteiger partial charge in [0.05, 0.1) is 12.6 Å². The number of carbonyl (C=O) groups is 2. The Balaban J connectivity index is 2.75. The number of aliphatic hydroxyl groups is 1. The fraction of sp³-hybridized carbons (Fsp3) is 0.818. The summed E-state index contributed by atoms with van der Waals surface area (Å²) in [5.41, 5.74) is 0. The Bertz CT molecular complexity index is 263. The molecule has 2 atom stereocenters. The van der Waals surface area contributed by atoms with Crippen LogP contribution in [0.1, 0.15) is 33.6 Å². The van der Waals surface area contributed by atoms with Crippen LogP contribution in [0.25, 0.3) is 0 Å². The minimum absolute atomic E-state index is 0.137. The fourth-order valence-electron chi connectivity index (χ4n) is 2.00. The normalized spacial score (nSPS) is 24.1. The highest BCUT2D eigenvalue weighted by Crippen LogP contribution is 2.23. The molecule has 1 rings (SSSR count). The second-order valence-corrected chi connectivity index (χ2v) is 4.67. The summed E-state index contributed by atoms with van der Waals surface area (Å²) in [6, 6.07) is -0.338. The smallest absolute Gasteiger partial charge is 0.232 e. The summed E-state index contributed by atoms with van der Waals surface area (Å²) in [6.07, 6.45) is 0.953. The molecule has 1 aliphatic rings. The quantitative estimate of drug-likeness (QED) is 0.702. The SMILES string of the molecule is CC(C)CC(CO)N1C(=O)CC(C)C1=O. The summed E-state index contributed by atoms with van der Waals surface area (Å²) < 4.78 is 0. The molecule has 0 spiro atoms. The van der Waals surface area contributed by atoms with E-state index in [2.05, 4.69) is 0 Å². The van der Waals surface area contributed by atoms with E-state index < -0.39 is 0 Å². The molecule has 86 valence electrons. The molecule has 1 aliphatic heterocycles. The van der Waals surface area contributed by atoms with Gasteiger partial charge in [-0.1, -0.05) is 20.8 Å². The first-order valence-corrected chi connectivity index (χ1v) is 5.44. The highest BCUT2D eigenvalue weighted by molar-refractivity contribution is 6.03. The van der Waals surface area contributed by atoms with Crippen molar-refractivity contribution >= 4 is 11.8 Å². The second kappa shape index (κ2) is 4.75. The van der Waals surface area contributed by atoms with Crippen molar-refractivity contribution in [1.29, 1.82) is 0 Å². The molecule has 4 nitrogen and oxygen atoms in total. The molecule has 1 N–H and O–H groups in total. The molecule has 0 radical (unpaired) electrons. The van der Waals surface area contributed by atoms with Crippen molar-refractivity contribution < 1.29 is 14.7 Å². The van der Waals surface area contributed by atoms with E-state index in [4.69, 9.17) is 0 Å². The van der Waals surface area contributed by atoms with Gasteiger partial charge in [-0.05, 0) is 12.3 Å². The van der Waals surface area contributed by atoms with Gasteiger partial charge in [0.1, 0.15) is 0 Å². The summed E-state index contributed by atoms with van der Waals surface area (Å²) in [7, 11) is 0. The highest BCUT2D eigenvalue weighted by Gasteiger charge is 2.39. The molecule has 0 aromatic heterocycles. The predicted molar refractivity (Wildman–Crippen MR) is 56.0 cm³/mol. The van der Waals surface area contributed by atoms with Crippen LogP contribution in [0, 0.1) is 11.8 Å². The monoisotopic (exact) mass is 213 g/mol. The number of amides is 2. The molecule has 0 saturated carbocycles. The van der Waals surface area contributed by atoms with Crippen LogP contribution in [0.15, 0.2) is 0 Å². The average molecular weight is 213 g/mol. The third-order valence-corrected chi connectivity index (χ3v) is 2.73. The van der Waals surface area contributed by atoms with E-state index in [1.807, 2.05) is 13.8 Å². The summed E-state index contributed by atoms with van der Waals surface area (Å²) in [6.45, 7) is 5.64. The van der Waals surface area contributed by atoms with Gasteiger partial charge in [-0.3, -0.25) is 14.5 Å². The minimum Gasteiger partial charge on any atom is -0.394 e. The maximum atomic E-state index is 11.7. The van der Waals surface area contributed by atoms with Crippen molar-refractivity contribution in [2.45, 2.75) is 39.7 Å². The molecule has 0 aromatic rings. The van der Waals surface area contributed by atoms with Crippen molar-refractivity contribution in [3.63, 3.8) is 0 Å². The van der Waals surface area contributed by atoms with E-state index in [0.717, 1.165) is 0 Å². The van der Waals surface area contributed by atoms with Crippen molar-refractivity contribution in [1.82, 2.24) is 4.90 Å².